The van der Waals surface area contributed by atoms with Gasteiger partial charge in [-0.25, -0.2) is 0 Å². The van der Waals surface area contributed by atoms with Crippen LogP contribution < -0.4 is 0 Å². The molecule has 0 aliphatic heterocycles. The molecule has 0 saturated heterocycles. The maximum absolute atomic E-state index is 12.7. The van der Waals surface area contributed by atoms with Crippen LogP contribution >= 0.6 is 0 Å². The first kappa shape index (κ1) is 15.5. The van der Waals surface area contributed by atoms with Crippen LogP contribution in [0.4, 0.5) is 39.5 Å². The second-order valence-corrected chi connectivity index (χ2v) is 4.14. The summed E-state index contributed by atoms with van der Waals surface area (Å²) >= 11 is 0. The van der Waals surface area contributed by atoms with Crippen molar-refractivity contribution in [3.63, 3.8) is 0 Å². The summed E-state index contributed by atoms with van der Waals surface area (Å²) in [5.74, 6) is 0. The molecule has 1 N–H and O–H groups in total. The van der Waals surface area contributed by atoms with Gasteiger partial charge < -0.3 is 4.98 Å². The number of H-pyrrole nitrogens is 1. The molecule has 0 radical (unpaired) electrons. The molecule has 1 aromatic carbocycles. The second kappa shape index (κ2) is 4.31. The Bertz CT molecular complexity index is 672. The molecule has 1 nitrogen and oxygen atoms in total. The van der Waals surface area contributed by atoms with E-state index in [4.69, 9.17) is 0 Å². The zero-order valence-electron chi connectivity index (χ0n) is 9.63. The number of benzene rings is 1. The number of alkyl halides is 9. The second-order valence-electron chi connectivity index (χ2n) is 4.14. The minimum absolute atomic E-state index is 0.0455. The number of nitrogens with one attached hydrogen (secondary N) is 1. The van der Waals surface area contributed by atoms with E-state index < -0.39 is 46.1 Å². The molecule has 0 saturated carbocycles. The fraction of sp³-hybridized carbons (Fsp3) is 0.273. The lowest BCUT2D eigenvalue weighted by Gasteiger charge is -2.13. The number of aromatic nitrogens is 1. The highest BCUT2D eigenvalue weighted by atomic mass is 19.4. The Kier molecular flexibility index (Phi) is 3.19. The molecule has 1 heterocycles. The molecule has 2 aromatic rings. The topological polar surface area (TPSA) is 15.8 Å². The Morgan fingerprint density at radius 3 is 1.62 bits per heavy atom. The van der Waals surface area contributed by atoms with Crippen LogP contribution in [0.15, 0.2) is 18.3 Å². The van der Waals surface area contributed by atoms with E-state index in [-0.39, 0.29) is 18.3 Å². The van der Waals surface area contributed by atoms with Crippen LogP contribution in [-0.4, -0.2) is 4.98 Å². The van der Waals surface area contributed by atoms with Gasteiger partial charge in [-0.05, 0) is 12.1 Å². The molecule has 0 bridgehead atoms. The van der Waals surface area contributed by atoms with Gasteiger partial charge in [-0.15, -0.1) is 0 Å². The first-order valence-electron chi connectivity index (χ1n) is 5.18. The highest BCUT2D eigenvalue weighted by Gasteiger charge is 2.41. The fourth-order valence-electron chi connectivity index (χ4n) is 1.85. The zero-order valence-corrected chi connectivity index (χ0v) is 9.63. The molecule has 0 aliphatic rings. The number of fused-ring (bicyclic) bond motifs is 1. The van der Waals surface area contributed by atoms with Crippen molar-refractivity contribution in [2.24, 2.45) is 0 Å². The van der Waals surface area contributed by atoms with Gasteiger partial charge in [-0.3, -0.25) is 0 Å². The van der Waals surface area contributed by atoms with Crippen LogP contribution in [0, 0.1) is 0 Å². The lowest BCUT2D eigenvalue weighted by atomic mass is 10.0. The summed E-state index contributed by atoms with van der Waals surface area (Å²) in [6.45, 7) is 0. The smallest absolute Gasteiger partial charge is 0.360 e. The number of rotatable bonds is 0. The lowest BCUT2D eigenvalue weighted by molar-refractivity contribution is -0.143. The zero-order chi connectivity index (χ0) is 16.2. The number of halogens is 9. The third-order valence-corrected chi connectivity index (χ3v) is 2.73. The maximum Gasteiger partial charge on any atom is 0.418 e. The summed E-state index contributed by atoms with van der Waals surface area (Å²) in [4.78, 5) is 1.74. The van der Waals surface area contributed by atoms with Gasteiger partial charge in [-0.1, -0.05) is 0 Å². The monoisotopic (exact) mass is 321 g/mol. The Hall–Kier alpha value is -1.87. The summed E-state index contributed by atoms with van der Waals surface area (Å²) in [5.41, 5.74) is -6.23. The molecule has 2 rings (SSSR count). The Morgan fingerprint density at radius 1 is 0.667 bits per heavy atom. The Morgan fingerprint density at radius 2 is 1.19 bits per heavy atom. The van der Waals surface area contributed by atoms with Crippen LogP contribution in [0.5, 0.6) is 0 Å². The van der Waals surface area contributed by atoms with Gasteiger partial charge in [0.25, 0.3) is 0 Å². The van der Waals surface area contributed by atoms with E-state index in [1.54, 1.807) is 4.98 Å². The predicted octanol–water partition coefficient (Wildman–Crippen LogP) is 5.22. The van der Waals surface area contributed by atoms with Crippen LogP contribution in [0.25, 0.3) is 10.9 Å². The molecule has 0 amide bonds. The van der Waals surface area contributed by atoms with E-state index in [2.05, 4.69) is 0 Å². The number of hydrogen-bond donors (Lipinski definition) is 1. The Labute approximate surface area is 110 Å². The summed E-state index contributed by atoms with van der Waals surface area (Å²) in [6, 6.07) is -0.178. The largest absolute Gasteiger partial charge is 0.418 e. The molecule has 0 aliphatic carbocycles. The van der Waals surface area contributed by atoms with E-state index in [1.807, 2.05) is 0 Å². The van der Waals surface area contributed by atoms with Crippen molar-refractivity contribution in [2.45, 2.75) is 18.5 Å². The first-order valence-corrected chi connectivity index (χ1v) is 5.18. The average Bonchev–Trinajstić information content (AvgIpc) is 2.67. The minimum Gasteiger partial charge on any atom is -0.360 e. The van der Waals surface area contributed by atoms with Crippen molar-refractivity contribution in [1.82, 2.24) is 4.98 Å². The normalized spacial score (nSPS) is 14.0. The van der Waals surface area contributed by atoms with E-state index in [0.29, 0.717) is 0 Å². The van der Waals surface area contributed by atoms with Crippen molar-refractivity contribution in [1.29, 1.82) is 0 Å². The van der Waals surface area contributed by atoms with Gasteiger partial charge >= 0.3 is 18.5 Å². The number of hydrogen-bond acceptors (Lipinski definition) is 0. The molecule has 0 atom stereocenters. The maximum atomic E-state index is 12.7. The van der Waals surface area contributed by atoms with Crippen molar-refractivity contribution < 1.29 is 39.5 Å². The number of aromatic amines is 1. The summed E-state index contributed by atoms with van der Waals surface area (Å²) in [5, 5.41) is -1.18. The molecule has 116 valence electrons. The average molecular weight is 321 g/mol. The van der Waals surface area contributed by atoms with Crippen molar-refractivity contribution in [3.05, 3.63) is 35.0 Å². The van der Waals surface area contributed by atoms with Crippen molar-refractivity contribution >= 4 is 10.9 Å². The third kappa shape index (κ3) is 2.79. The SMILES string of the molecule is FC(F)(F)c1cc(C(F)(F)F)c2[nH]cc(C(F)(F)F)c2c1. The molecule has 21 heavy (non-hydrogen) atoms. The third-order valence-electron chi connectivity index (χ3n) is 2.73. The van der Waals surface area contributed by atoms with Crippen LogP contribution in [0.1, 0.15) is 16.7 Å². The molecule has 1 aromatic heterocycles. The summed E-state index contributed by atoms with van der Waals surface area (Å²) in [6.07, 6.45) is -15.3. The van der Waals surface area contributed by atoms with Gasteiger partial charge in [0, 0.05) is 11.6 Å². The van der Waals surface area contributed by atoms with E-state index in [9.17, 15) is 39.5 Å². The molecular formula is C11H4F9N. The molecule has 0 unspecified atom stereocenters. The van der Waals surface area contributed by atoms with Gasteiger partial charge in [-0.2, -0.15) is 39.5 Å². The molecule has 0 spiro atoms. The molecule has 0 fully saturated rings. The minimum atomic E-state index is -5.23. The van der Waals surface area contributed by atoms with E-state index in [1.165, 1.54) is 0 Å². The van der Waals surface area contributed by atoms with E-state index in [0.717, 1.165) is 0 Å². The quantitative estimate of drug-likeness (QED) is 0.640. The first-order chi connectivity index (χ1) is 9.32. The van der Waals surface area contributed by atoms with Crippen LogP contribution in [0.2, 0.25) is 0 Å². The van der Waals surface area contributed by atoms with E-state index >= 15 is 0 Å². The molecular weight excluding hydrogens is 317 g/mol. The van der Waals surface area contributed by atoms with Gasteiger partial charge in [0.1, 0.15) is 0 Å². The highest BCUT2D eigenvalue weighted by molar-refractivity contribution is 5.88. The molecule has 10 heteroatoms. The van der Waals surface area contributed by atoms with Crippen molar-refractivity contribution in [3.8, 4) is 0 Å². The Balaban J connectivity index is 2.88. The van der Waals surface area contributed by atoms with Crippen LogP contribution in [0.3, 0.4) is 0 Å². The van der Waals surface area contributed by atoms with Crippen molar-refractivity contribution in [2.75, 3.05) is 0 Å². The van der Waals surface area contributed by atoms with Gasteiger partial charge in [0.15, 0.2) is 0 Å². The highest BCUT2D eigenvalue weighted by Crippen LogP contribution is 2.43. The lowest BCUT2D eigenvalue weighted by Crippen LogP contribution is -2.12. The predicted molar refractivity (Wildman–Crippen MR) is 53.3 cm³/mol. The van der Waals surface area contributed by atoms with Gasteiger partial charge in [0.2, 0.25) is 0 Å². The standard InChI is InChI=1S/C11H4F9N/c12-9(13,14)4-1-5-7(11(18,19)20)3-21-8(5)6(2-4)10(15,16)17/h1-3,21H. The van der Waals surface area contributed by atoms with Gasteiger partial charge in [0.05, 0.1) is 22.2 Å². The van der Waals surface area contributed by atoms with Crippen LogP contribution in [-0.2, 0) is 18.5 Å². The summed E-state index contributed by atoms with van der Waals surface area (Å²) < 4.78 is 114. The fourth-order valence-corrected chi connectivity index (χ4v) is 1.85. The summed E-state index contributed by atoms with van der Waals surface area (Å²) in [7, 11) is 0.